The SMILES string of the molecule is COC(O)c1ccc2c(c1)NC(=O)c1ccnn1C2. The van der Waals surface area contributed by atoms with Gasteiger partial charge in [0.15, 0.2) is 6.29 Å². The van der Waals surface area contributed by atoms with Crippen LogP contribution in [0.3, 0.4) is 0 Å². The van der Waals surface area contributed by atoms with Crippen molar-refractivity contribution in [3.05, 3.63) is 47.3 Å². The molecule has 1 aliphatic rings. The van der Waals surface area contributed by atoms with E-state index in [0.29, 0.717) is 23.5 Å². The van der Waals surface area contributed by atoms with Crippen molar-refractivity contribution in [3.63, 3.8) is 0 Å². The van der Waals surface area contributed by atoms with Gasteiger partial charge in [-0.3, -0.25) is 9.48 Å². The van der Waals surface area contributed by atoms with Gasteiger partial charge in [0, 0.05) is 24.6 Å². The van der Waals surface area contributed by atoms with E-state index in [0.717, 1.165) is 5.56 Å². The molecule has 0 fully saturated rings. The Morgan fingerprint density at radius 2 is 2.32 bits per heavy atom. The van der Waals surface area contributed by atoms with Gasteiger partial charge in [-0.2, -0.15) is 5.10 Å². The molecule has 1 aromatic carbocycles. The van der Waals surface area contributed by atoms with Gasteiger partial charge in [-0.1, -0.05) is 12.1 Å². The van der Waals surface area contributed by atoms with Crippen LogP contribution >= 0.6 is 0 Å². The molecule has 0 radical (unpaired) electrons. The number of hydrogen-bond donors (Lipinski definition) is 2. The largest absolute Gasteiger partial charge is 0.364 e. The van der Waals surface area contributed by atoms with E-state index < -0.39 is 6.29 Å². The smallest absolute Gasteiger partial charge is 0.273 e. The molecule has 1 amide bonds. The first-order chi connectivity index (χ1) is 9.19. The number of nitrogens with one attached hydrogen (secondary N) is 1. The topological polar surface area (TPSA) is 76.4 Å². The van der Waals surface area contributed by atoms with Crippen molar-refractivity contribution in [2.75, 3.05) is 12.4 Å². The van der Waals surface area contributed by atoms with Crippen molar-refractivity contribution in [2.24, 2.45) is 0 Å². The molecule has 0 spiro atoms. The molecule has 98 valence electrons. The number of rotatable bonds is 2. The van der Waals surface area contributed by atoms with Gasteiger partial charge in [-0.15, -0.1) is 0 Å². The van der Waals surface area contributed by atoms with Crippen molar-refractivity contribution in [3.8, 4) is 0 Å². The first-order valence-corrected chi connectivity index (χ1v) is 5.86. The highest BCUT2D eigenvalue weighted by Crippen LogP contribution is 2.26. The summed E-state index contributed by atoms with van der Waals surface area (Å²) in [6.07, 6.45) is 0.602. The normalized spacial score (nSPS) is 15.2. The van der Waals surface area contributed by atoms with Crippen molar-refractivity contribution in [1.82, 2.24) is 9.78 Å². The molecule has 0 bridgehead atoms. The molecule has 19 heavy (non-hydrogen) atoms. The number of hydrogen-bond acceptors (Lipinski definition) is 4. The molecule has 1 aromatic heterocycles. The first kappa shape index (κ1) is 11.9. The minimum absolute atomic E-state index is 0.208. The molecular weight excluding hydrogens is 246 g/mol. The Hall–Kier alpha value is -2.18. The summed E-state index contributed by atoms with van der Waals surface area (Å²) in [6.45, 7) is 0.514. The van der Waals surface area contributed by atoms with Crippen LogP contribution in [0.5, 0.6) is 0 Å². The second-order valence-electron chi connectivity index (χ2n) is 4.33. The van der Waals surface area contributed by atoms with E-state index in [1.54, 1.807) is 29.1 Å². The van der Waals surface area contributed by atoms with Gasteiger partial charge >= 0.3 is 0 Å². The minimum Gasteiger partial charge on any atom is -0.364 e. The van der Waals surface area contributed by atoms with E-state index in [9.17, 15) is 9.90 Å². The van der Waals surface area contributed by atoms with E-state index in [1.165, 1.54) is 7.11 Å². The maximum atomic E-state index is 12.0. The zero-order valence-corrected chi connectivity index (χ0v) is 10.3. The van der Waals surface area contributed by atoms with E-state index in [4.69, 9.17) is 4.74 Å². The molecule has 0 aliphatic carbocycles. The molecule has 0 saturated heterocycles. The average molecular weight is 259 g/mol. The van der Waals surface area contributed by atoms with Crippen molar-refractivity contribution >= 4 is 11.6 Å². The van der Waals surface area contributed by atoms with Crippen molar-refractivity contribution < 1.29 is 14.6 Å². The number of ether oxygens (including phenoxy) is 1. The second-order valence-corrected chi connectivity index (χ2v) is 4.33. The third-order valence-corrected chi connectivity index (χ3v) is 3.16. The van der Waals surface area contributed by atoms with Gasteiger partial charge < -0.3 is 15.2 Å². The van der Waals surface area contributed by atoms with Gasteiger partial charge in [0.1, 0.15) is 5.69 Å². The number of benzene rings is 1. The molecule has 0 saturated carbocycles. The summed E-state index contributed by atoms with van der Waals surface area (Å²) in [5, 5.41) is 16.6. The lowest BCUT2D eigenvalue weighted by atomic mass is 10.1. The predicted octanol–water partition coefficient (Wildman–Crippen LogP) is 1.13. The van der Waals surface area contributed by atoms with Crippen LogP contribution in [0, 0.1) is 0 Å². The van der Waals surface area contributed by atoms with Gasteiger partial charge in [0.2, 0.25) is 0 Å². The standard InChI is InChI=1S/C13H13N3O3/c1-19-13(18)8-2-3-9-7-16-11(4-5-14-16)12(17)15-10(9)6-8/h2-6,13,18H,7H2,1H3,(H,15,17). The lowest BCUT2D eigenvalue weighted by molar-refractivity contribution is -0.0769. The maximum absolute atomic E-state index is 12.0. The molecular formula is C13H13N3O3. The Kier molecular flexibility index (Phi) is 2.81. The summed E-state index contributed by atoms with van der Waals surface area (Å²) < 4.78 is 6.50. The summed E-state index contributed by atoms with van der Waals surface area (Å²) in [4.78, 5) is 12.0. The van der Waals surface area contributed by atoms with Crippen LogP contribution in [0.25, 0.3) is 0 Å². The molecule has 2 aromatic rings. The molecule has 6 nitrogen and oxygen atoms in total. The highest BCUT2D eigenvalue weighted by atomic mass is 16.6. The Balaban J connectivity index is 2.03. The fourth-order valence-electron chi connectivity index (χ4n) is 2.14. The Bertz CT molecular complexity index is 636. The van der Waals surface area contributed by atoms with Gasteiger partial charge in [-0.05, 0) is 17.7 Å². The summed E-state index contributed by atoms with van der Waals surface area (Å²) in [7, 11) is 1.42. The molecule has 1 aliphatic heterocycles. The van der Waals surface area contributed by atoms with Crippen LogP contribution in [0.4, 0.5) is 5.69 Å². The minimum atomic E-state index is -0.998. The Labute approximate surface area is 109 Å². The van der Waals surface area contributed by atoms with E-state index >= 15 is 0 Å². The number of anilines is 1. The predicted molar refractivity (Wildman–Crippen MR) is 67.7 cm³/mol. The quantitative estimate of drug-likeness (QED) is 0.793. The zero-order chi connectivity index (χ0) is 13.4. The number of fused-ring (bicyclic) bond motifs is 2. The lowest BCUT2D eigenvalue weighted by Crippen LogP contribution is -2.14. The van der Waals surface area contributed by atoms with Crippen molar-refractivity contribution in [1.29, 1.82) is 0 Å². The highest BCUT2D eigenvalue weighted by Gasteiger charge is 2.20. The van der Waals surface area contributed by atoms with Gasteiger partial charge in [0.25, 0.3) is 5.91 Å². The van der Waals surface area contributed by atoms with E-state index in [-0.39, 0.29) is 5.91 Å². The van der Waals surface area contributed by atoms with Crippen LogP contribution in [0.2, 0.25) is 0 Å². The number of aliphatic hydroxyl groups excluding tert-OH is 1. The first-order valence-electron chi connectivity index (χ1n) is 5.86. The summed E-state index contributed by atoms with van der Waals surface area (Å²) >= 11 is 0. The van der Waals surface area contributed by atoms with Crippen molar-refractivity contribution in [2.45, 2.75) is 12.8 Å². The Morgan fingerprint density at radius 3 is 3.11 bits per heavy atom. The number of carbonyl (C=O) groups is 1. The summed E-state index contributed by atoms with van der Waals surface area (Å²) in [5.41, 5.74) is 2.72. The molecule has 2 N–H and O–H groups in total. The fourth-order valence-corrected chi connectivity index (χ4v) is 2.14. The van der Waals surface area contributed by atoms with Crippen LogP contribution in [0.15, 0.2) is 30.5 Å². The number of amides is 1. The number of methoxy groups -OCH3 is 1. The number of carbonyl (C=O) groups excluding carboxylic acids is 1. The van der Waals surface area contributed by atoms with Crippen LogP contribution in [0.1, 0.15) is 27.9 Å². The zero-order valence-electron chi connectivity index (χ0n) is 10.3. The molecule has 1 unspecified atom stereocenters. The number of aromatic nitrogens is 2. The third-order valence-electron chi connectivity index (χ3n) is 3.16. The molecule has 1 atom stereocenters. The van der Waals surface area contributed by atoms with Crippen LogP contribution < -0.4 is 5.32 Å². The number of aliphatic hydroxyl groups is 1. The third kappa shape index (κ3) is 2.00. The fraction of sp³-hybridized carbons (Fsp3) is 0.231. The van der Waals surface area contributed by atoms with Crippen LogP contribution in [-0.4, -0.2) is 27.9 Å². The van der Waals surface area contributed by atoms with E-state index in [1.807, 2.05) is 6.07 Å². The monoisotopic (exact) mass is 259 g/mol. The number of nitrogens with zero attached hydrogens (tertiary/aromatic N) is 2. The molecule has 2 heterocycles. The van der Waals surface area contributed by atoms with E-state index in [2.05, 4.69) is 10.4 Å². The second kappa shape index (κ2) is 4.49. The molecule has 3 rings (SSSR count). The lowest BCUT2D eigenvalue weighted by Gasteiger charge is -2.12. The summed E-state index contributed by atoms with van der Waals surface area (Å²) in [5.74, 6) is -0.208. The summed E-state index contributed by atoms with van der Waals surface area (Å²) in [6, 6.07) is 7.01. The van der Waals surface area contributed by atoms with Crippen LogP contribution in [-0.2, 0) is 11.3 Å². The van der Waals surface area contributed by atoms with Gasteiger partial charge in [0.05, 0.1) is 6.54 Å². The maximum Gasteiger partial charge on any atom is 0.273 e. The highest BCUT2D eigenvalue weighted by molar-refractivity contribution is 6.04. The average Bonchev–Trinajstić information content (AvgIpc) is 2.83. The Morgan fingerprint density at radius 1 is 1.47 bits per heavy atom. The van der Waals surface area contributed by atoms with Gasteiger partial charge in [-0.25, -0.2) is 0 Å². The molecule has 6 heteroatoms.